The molecular formula is C18H22BrN3O2. The predicted molar refractivity (Wildman–Crippen MR) is 98.6 cm³/mol. The fourth-order valence-corrected chi connectivity index (χ4v) is 3.09. The molecular weight excluding hydrogens is 370 g/mol. The summed E-state index contributed by atoms with van der Waals surface area (Å²) in [5.41, 5.74) is 1.27. The Morgan fingerprint density at radius 3 is 2.58 bits per heavy atom. The van der Waals surface area contributed by atoms with Gasteiger partial charge in [-0.3, -0.25) is 4.90 Å². The molecule has 1 atom stereocenters. The maximum absolute atomic E-state index is 5.50. The largest absolute Gasteiger partial charge is 0.497 e. The number of halogens is 1. The molecule has 1 unspecified atom stereocenters. The van der Waals surface area contributed by atoms with Crippen LogP contribution in [0.5, 0.6) is 5.75 Å². The first-order valence-corrected chi connectivity index (χ1v) is 8.87. The molecule has 0 spiro atoms. The van der Waals surface area contributed by atoms with E-state index in [0.717, 1.165) is 48.9 Å². The summed E-state index contributed by atoms with van der Waals surface area (Å²) < 4.78 is 11.7. The number of ether oxygens (including phenoxy) is 2. The highest BCUT2D eigenvalue weighted by atomic mass is 79.9. The lowest BCUT2D eigenvalue weighted by Gasteiger charge is -2.35. The van der Waals surface area contributed by atoms with Gasteiger partial charge < -0.3 is 14.8 Å². The van der Waals surface area contributed by atoms with E-state index in [9.17, 15) is 0 Å². The van der Waals surface area contributed by atoms with Gasteiger partial charge in [0.1, 0.15) is 11.6 Å². The van der Waals surface area contributed by atoms with Gasteiger partial charge >= 0.3 is 0 Å². The van der Waals surface area contributed by atoms with Gasteiger partial charge in [-0.1, -0.05) is 12.1 Å². The molecule has 0 amide bonds. The maximum Gasteiger partial charge on any atom is 0.126 e. The molecule has 1 fully saturated rings. The van der Waals surface area contributed by atoms with Crippen LogP contribution in [0, 0.1) is 0 Å². The maximum atomic E-state index is 5.50. The van der Waals surface area contributed by atoms with E-state index in [1.165, 1.54) is 5.56 Å². The minimum absolute atomic E-state index is 0.269. The van der Waals surface area contributed by atoms with Gasteiger partial charge in [0.2, 0.25) is 0 Å². The monoisotopic (exact) mass is 391 g/mol. The molecule has 1 aliphatic heterocycles. The van der Waals surface area contributed by atoms with Gasteiger partial charge in [0.05, 0.1) is 26.4 Å². The fourth-order valence-electron chi connectivity index (χ4n) is 2.85. The van der Waals surface area contributed by atoms with Crippen LogP contribution >= 0.6 is 15.9 Å². The molecule has 128 valence electrons. The number of morpholine rings is 1. The molecule has 6 heteroatoms. The van der Waals surface area contributed by atoms with Gasteiger partial charge in [0.25, 0.3) is 0 Å². The minimum Gasteiger partial charge on any atom is -0.497 e. The van der Waals surface area contributed by atoms with Crippen molar-refractivity contribution in [2.75, 3.05) is 45.3 Å². The Balaban J connectivity index is 1.74. The van der Waals surface area contributed by atoms with Crippen LogP contribution in [-0.2, 0) is 4.74 Å². The van der Waals surface area contributed by atoms with Crippen molar-refractivity contribution in [1.29, 1.82) is 0 Å². The van der Waals surface area contributed by atoms with Crippen LogP contribution in [0.1, 0.15) is 11.6 Å². The number of benzene rings is 1. The second-order valence-corrected chi connectivity index (χ2v) is 6.60. The summed E-state index contributed by atoms with van der Waals surface area (Å²) in [6.07, 6.45) is 1.81. The van der Waals surface area contributed by atoms with Crippen molar-refractivity contribution in [2.45, 2.75) is 6.04 Å². The number of rotatable bonds is 6. The van der Waals surface area contributed by atoms with E-state index >= 15 is 0 Å². The van der Waals surface area contributed by atoms with Crippen molar-refractivity contribution >= 4 is 21.7 Å². The molecule has 0 radical (unpaired) electrons. The first-order chi connectivity index (χ1) is 11.8. The molecule has 0 aliphatic carbocycles. The van der Waals surface area contributed by atoms with Gasteiger partial charge in [-0.2, -0.15) is 0 Å². The second-order valence-electron chi connectivity index (χ2n) is 5.68. The number of nitrogens with one attached hydrogen (secondary N) is 1. The molecule has 2 heterocycles. The third kappa shape index (κ3) is 4.47. The zero-order valence-electron chi connectivity index (χ0n) is 13.7. The fraction of sp³-hybridized carbons (Fsp3) is 0.389. The van der Waals surface area contributed by atoms with Crippen LogP contribution in [0.15, 0.2) is 47.1 Å². The molecule has 1 N–H and O–H groups in total. The number of aromatic nitrogens is 1. The zero-order chi connectivity index (χ0) is 16.8. The highest BCUT2D eigenvalue weighted by Gasteiger charge is 2.22. The predicted octanol–water partition coefficient (Wildman–Crippen LogP) is 3.34. The van der Waals surface area contributed by atoms with E-state index in [4.69, 9.17) is 9.47 Å². The van der Waals surface area contributed by atoms with Gasteiger partial charge in [-0.05, 0) is 45.8 Å². The van der Waals surface area contributed by atoms with Crippen molar-refractivity contribution in [3.63, 3.8) is 0 Å². The quantitative estimate of drug-likeness (QED) is 0.817. The van der Waals surface area contributed by atoms with E-state index in [0.29, 0.717) is 0 Å². The summed E-state index contributed by atoms with van der Waals surface area (Å²) in [6.45, 7) is 4.23. The Bertz CT molecular complexity index is 628. The molecule has 1 aromatic heterocycles. The van der Waals surface area contributed by atoms with Crippen molar-refractivity contribution in [3.05, 3.63) is 52.6 Å². The van der Waals surface area contributed by atoms with Gasteiger partial charge in [-0.25, -0.2) is 4.98 Å². The molecule has 1 saturated heterocycles. The molecule has 0 saturated carbocycles. The highest BCUT2D eigenvalue weighted by Crippen LogP contribution is 2.24. The Morgan fingerprint density at radius 2 is 1.96 bits per heavy atom. The standard InChI is InChI=1S/C18H22BrN3O2/c1-23-16-5-2-14(3-6-16)17(22-8-10-24-11-9-22)13-21-18-7-4-15(19)12-20-18/h2-7,12,17H,8-11,13H2,1H3,(H,20,21). The lowest BCUT2D eigenvalue weighted by atomic mass is 10.0. The molecule has 1 aromatic carbocycles. The number of pyridine rings is 1. The Labute approximate surface area is 151 Å². The first kappa shape index (κ1) is 17.2. The van der Waals surface area contributed by atoms with E-state index in [1.807, 2.05) is 24.3 Å². The van der Waals surface area contributed by atoms with Crippen LogP contribution in [-0.4, -0.2) is 49.8 Å². The molecule has 1 aliphatic rings. The Kier molecular flexibility index (Phi) is 6.07. The van der Waals surface area contributed by atoms with Crippen LogP contribution in [0.2, 0.25) is 0 Å². The summed E-state index contributed by atoms with van der Waals surface area (Å²) in [4.78, 5) is 6.85. The van der Waals surface area contributed by atoms with Crippen LogP contribution in [0.4, 0.5) is 5.82 Å². The van der Waals surface area contributed by atoms with Gasteiger partial charge in [0.15, 0.2) is 0 Å². The Morgan fingerprint density at radius 1 is 1.21 bits per heavy atom. The number of hydrogen-bond acceptors (Lipinski definition) is 5. The van der Waals surface area contributed by atoms with Crippen molar-refractivity contribution in [2.24, 2.45) is 0 Å². The topological polar surface area (TPSA) is 46.6 Å². The van der Waals surface area contributed by atoms with E-state index < -0.39 is 0 Å². The minimum atomic E-state index is 0.269. The molecule has 24 heavy (non-hydrogen) atoms. The zero-order valence-corrected chi connectivity index (χ0v) is 15.3. The molecule has 2 aromatic rings. The summed E-state index contributed by atoms with van der Waals surface area (Å²) in [7, 11) is 1.69. The average Bonchev–Trinajstić information content (AvgIpc) is 2.65. The number of methoxy groups -OCH3 is 1. The van der Waals surface area contributed by atoms with Gasteiger partial charge in [-0.15, -0.1) is 0 Å². The average molecular weight is 392 g/mol. The van der Waals surface area contributed by atoms with Crippen molar-refractivity contribution in [3.8, 4) is 5.75 Å². The third-order valence-electron chi connectivity index (χ3n) is 4.19. The molecule has 3 rings (SSSR count). The first-order valence-electron chi connectivity index (χ1n) is 8.07. The number of anilines is 1. The highest BCUT2D eigenvalue weighted by molar-refractivity contribution is 9.10. The summed E-state index contributed by atoms with van der Waals surface area (Å²) in [6, 6.07) is 12.5. The Hall–Kier alpha value is -1.63. The smallest absolute Gasteiger partial charge is 0.126 e. The van der Waals surface area contributed by atoms with E-state index in [-0.39, 0.29) is 6.04 Å². The van der Waals surface area contributed by atoms with E-state index in [1.54, 1.807) is 13.3 Å². The molecule has 5 nitrogen and oxygen atoms in total. The summed E-state index contributed by atoms with van der Waals surface area (Å²) in [5.74, 6) is 1.76. The lowest BCUT2D eigenvalue weighted by molar-refractivity contribution is 0.0187. The summed E-state index contributed by atoms with van der Waals surface area (Å²) in [5, 5.41) is 3.45. The number of nitrogens with zero attached hydrogens (tertiary/aromatic N) is 2. The third-order valence-corrected chi connectivity index (χ3v) is 4.66. The van der Waals surface area contributed by atoms with Crippen molar-refractivity contribution < 1.29 is 9.47 Å². The van der Waals surface area contributed by atoms with E-state index in [2.05, 4.69) is 43.3 Å². The summed E-state index contributed by atoms with van der Waals surface area (Å²) >= 11 is 3.41. The van der Waals surface area contributed by atoms with Gasteiger partial charge in [0, 0.05) is 30.3 Å². The van der Waals surface area contributed by atoms with Crippen LogP contribution < -0.4 is 10.1 Å². The lowest BCUT2D eigenvalue weighted by Crippen LogP contribution is -2.41. The second kappa shape index (κ2) is 8.46. The van der Waals surface area contributed by atoms with Crippen LogP contribution in [0.3, 0.4) is 0 Å². The SMILES string of the molecule is COc1ccc(C(CNc2ccc(Br)cn2)N2CCOCC2)cc1. The molecule has 0 bridgehead atoms. The van der Waals surface area contributed by atoms with Crippen LogP contribution in [0.25, 0.3) is 0 Å². The number of hydrogen-bond donors (Lipinski definition) is 1. The van der Waals surface area contributed by atoms with Crippen molar-refractivity contribution in [1.82, 2.24) is 9.88 Å². The normalized spacial score (nSPS) is 16.6.